The second-order valence-electron chi connectivity index (χ2n) is 6.77. The third-order valence-electron chi connectivity index (χ3n) is 4.44. The number of anilines is 1. The first-order valence-electron chi connectivity index (χ1n) is 9.14. The third kappa shape index (κ3) is 5.61. The Labute approximate surface area is 186 Å². The second kappa shape index (κ2) is 9.62. The summed E-state index contributed by atoms with van der Waals surface area (Å²) in [5, 5.41) is 3.15. The van der Waals surface area contributed by atoms with E-state index in [1.54, 1.807) is 30.3 Å². The van der Waals surface area contributed by atoms with E-state index in [0.29, 0.717) is 5.69 Å². The van der Waals surface area contributed by atoms with Gasteiger partial charge in [-0.3, -0.25) is 4.79 Å². The van der Waals surface area contributed by atoms with Crippen LogP contribution in [0, 0.1) is 6.92 Å². The van der Waals surface area contributed by atoms with Crippen LogP contribution in [0.15, 0.2) is 77.7 Å². The van der Waals surface area contributed by atoms with Gasteiger partial charge in [0.25, 0.3) is 0 Å². The van der Waals surface area contributed by atoms with Gasteiger partial charge in [-0.25, -0.2) is 8.42 Å². The number of benzene rings is 3. The van der Waals surface area contributed by atoms with Crippen molar-refractivity contribution in [2.24, 2.45) is 0 Å². The highest BCUT2D eigenvalue weighted by atomic mass is 35.5. The quantitative estimate of drug-likeness (QED) is 0.527. The van der Waals surface area contributed by atoms with E-state index in [9.17, 15) is 13.2 Å². The summed E-state index contributed by atoms with van der Waals surface area (Å²) >= 11 is 12.2. The molecule has 3 aromatic carbocycles. The number of hydrogen-bond acceptors (Lipinski definition) is 3. The summed E-state index contributed by atoms with van der Waals surface area (Å²) in [7, 11) is -3.92. The largest absolute Gasteiger partial charge is 0.323 e. The molecule has 0 saturated heterocycles. The standard InChI is InChI=1S/C22H20Cl2N2O3S/c1-15-10-12-17(13-11-15)30(28,29)26-20(14-16-6-3-2-4-7-16)22(27)25-19-9-5-8-18(23)21(19)24/h2-13,20,26H,14H2,1H3,(H,25,27). The van der Waals surface area contributed by atoms with Gasteiger partial charge >= 0.3 is 0 Å². The molecule has 0 spiro atoms. The number of rotatable bonds is 7. The van der Waals surface area contributed by atoms with E-state index in [0.717, 1.165) is 11.1 Å². The molecule has 8 heteroatoms. The fourth-order valence-corrected chi connectivity index (χ4v) is 4.37. The summed E-state index contributed by atoms with van der Waals surface area (Å²) in [6.07, 6.45) is 0.163. The molecule has 3 aromatic rings. The van der Waals surface area contributed by atoms with Crippen molar-refractivity contribution in [3.05, 3.63) is 94.0 Å². The molecule has 2 N–H and O–H groups in total. The lowest BCUT2D eigenvalue weighted by Gasteiger charge is -2.19. The Morgan fingerprint density at radius 1 is 0.933 bits per heavy atom. The number of nitrogens with one attached hydrogen (secondary N) is 2. The SMILES string of the molecule is Cc1ccc(S(=O)(=O)NC(Cc2ccccc2)C(=O)Nc2cccc(Cl)c2Cl)cc1. The van der Waals surface area contributed by atoms with Crippen LogP contribution in [0.4, 0.5) is 5.69 Å². The first kappa shape index (κ1) is 22.3. The molecule has 0 saturated carbocycles. The molecule has 30 heavy (non-hydrogen) atoms. The normalized spacial score (nSPS) is 12.4. The minimum atomic E-state index is -3.92. The second-order valence-corrected chi connectivity index (χ2v) is 9.27. The van der Waals surface area contributed by atoms with E-state index in [-0.39, 0.29) is 21.4 Å². The molecule has 0 radical (unpaired) electrons. The maximum Gasteiger partial charge on any atom is 0.242 e. The number of aryl methyl sites for hydroxylation is 1. The molecule has 1 unspecified atom stereocenters. The highest BCUT2D eigenvalue weighted by Gasteiger charge is 2.26. The minimum Gasteiger partial charge on any atom is -0.323 e. The zero-order valence-electron chi connectivity index (χ0n) is 16.1. The molecule has 0 fully saturated rings. The van der Waals surface area contributed by atoms with Crippen LogP contribution >= 0.6 is 23.2 Å². The van der Waals surface area contributed by atoms with E-state index in [1.165, 1.54) is 12.1 Å². The van der Waals surface area contributed by atoms with Gasteiger partial charge in [-0.05, 0) is 43.2 Å². The topological polar surface area (TPSA) is 75.3 Å². The third-order valence-corrected chi connectivity index (χ3v) is 6.74. The van der Waals surface area contributed by atoms with Gasteiger partial charge in [0.15, 0.2) is 0 Å². The molecule has 0 heterocycles. The van der Waals surface area contributed by atoms with Crippen molar-refractivity contribution in [1.29, 1.82) is 0 Å². The Morgan fingerprint density at radius 2 is 1.60 bits per heavy atom. The lowest BCUT2D eigenvalue weighted by atomic mass is 10.1. The first-order valence-corrected chi connectivity index (χ1v) is 11.4. The smallest absolute Gasteiger partial charge is 0.242 e. The van der Waals surface area contributed by atoms with Crippen molar-refractivity contribution >= 4 is 44.8 Å². The van der Waals surface area contributed by atoms with Crippen molar-refractivity contribution in [2.75, 3.05) is 5.32 Å². The molecule has 0 bridgehead atoms. The summed E-state index contributed by atoms with van der Waals surface area (Å²) in [6.45, 7) is 1.87. The average Bonchev–Trinajstić information content (AvgIpc) is 2.72. The maximum atomic E-state index is 13.0. The number of halogens is 2. The van der Waals surface area contributed by atoms with Gasteiger partial charge in [-0.1, -0.05) is 77.3 Å². The zero-order chi connectivity index (χ0) is 21.7. The fourth-order valence-electron chi connectivity index (χ4n) is 2.83. The zero-order valence-corrected chi connectivity index (χ0v) is 18.4. The van der Waals surface area contributed by atoms with Gasteiger partial charge in [0, 0.05) is 0 Å². The summed E-state index contributed by atoms with van der Waals surface area (Å²) in [5.41, 5.74) is 2.05. The molecule has 156 valence electrons. The lowest BCUT2D eigenvalue weighted by molar-refractivity contribution is -0.117. The predicted octanol–water partition coefficient (Wildman–Crippen LogP) is 4.83. The van der Waals surface area contributed by atoms with Crippen molar-refractivity contribution in [3.8, 4) is 0 Å². The van der Waals surface area contributed by atoms with E-state index >= 15 is 0 Å². The van der Waals surface area contributed by atoms with Crippen LogP contribution in [0.5, 0.6) is 0 Å². The van der Waals surface area contributed by atoms with Crippen LogP contribution in [0.25, 0.3) is 0 Å². The number of carbonyl (C=O) groups is 1. The van der Waals surface area contributed by atoms with Crippen LogP contribution in [0.2, 0.25) is 10.0 Å². The average molecular weight is 463 g/mol. The molecule has 3 rings (SSSR count). The van der Waals surface area contributed by atoms with Crippen molar-refractivity contribution in [2.45, 2.75) is 24.3 Å². The highest BCUT2D eigenvalue weighted by Crippen LogP contribution is 2.29. The monoisotopic (exact) mass is 462 g/mol. The molecule has 0 aliphatic carbocycles. The Morgan fingerprint density at radius 3 is 2.27 bits per heavy atom. The van der Waals surface area contributed by atoms with Crippen LogP contribution in [-0.2, 0) is 21.2 Å². The van der Waals surface area contributed by atoms with Gasteiger partial charge in [0.1, 0.15) is 6.04 Å². The van der Waals surface area contributed by atoms with Gasteiger partial charge in [0.05, 0.1) is 20.6 Å². The fraction of sp³-hybridized carbons (Fsp3) is 0.136. The number of amides is 1. The molecular weight excluding hydrogens is 443 g/mol. The van der Waals surface area contributed by atoms with Gasteiger partial charge < -0.3 is 5.32 Å². The summed E-state index contributed by atoms with van der Waals surface area (Å²) < 4.78 is 28.3. The molecule has 1 amide bonds. The Hall–Kier alpha value is -2.38. The molecule has 0 aromatic heterocycles. The Balaban J connectivity index is 1.88. The molecule has 5 nitrogen and oxygen atoms in total. The highest BCUT2D eigenvalue weighted by molar-refractivity contribution is 7.89. The molecular formula is C22H20Cl2N2O3S. The van der Waals surface area contributed by atoms with E-state index in [2.05, 4.69) is 10.0 Å². The number of carbonyl (C=O) groups excluding carboxylic acids is 1. The first-order chi connectivity index (χ1) is 14.3. The van der Waals surface area contributed by atoms with Crippen LogP contribution in [0.3, 0.4) is 0 Å². The van der Waals surface area contributed by atoms with Gasteiger partial charge in [-0.15, -0.1) is 0 Å². The predicted molar refractivity (Wildman–Crippen MR) is 121 cm³/mol. The van der Waals surface area contributed by atoms with Crippen molar-refractivity contribution < 1.29 is 13.2 Å². The van der Waals surface area contributed by atoms with Gasteiger partial charge in [0.2, 0.25) is 15.9 Å². The van der Waals surface area contributed by atoms with Crippen LogP contribution in [0.1, 0.15) is 11.1 Å². The minimum absolute atomic E-state index is 0.0831. The number of hydrogen-bond donors (Lipinski definition) is 2. The molecule has 0 aliphatic rings. The van der Waals surface area contributed by atoms with E-state index < -0.39 is 22.0 Å². The van der Waals surface area contributed by atoms with E-state index in [1.807, 2.05) is 37.3 Å². The summed E-state index contributed by atoms with van der Waals surface area (Å²) in [5.74, 6) is -0.543. The molecule has 0 aliphatic heterocycles. The Kier molecular flexibility index (Phi) is 7.15. The van der Waals surface area contributed by atoms with Crippen LogP contribution < -0.4 is 10.0 Å². The van der Waals surface area contributed by atoms with Crippen LogP contribution in [-0.4, -0.2) is 20.4 Å². The van der Waals surface area contributed by atoms with Crippen molar-refractivity contribution in [3.63, 3.8) is 0 Å². The summed E-state index contributed by atoms with van der Waals surface area (Å²) in [6, 6.07) is 19.3. The van der Waals surface area contributed by atoms with Gasteiger partial charge in [-0.2, -0.15) is 4.72 Å². The summed E-state index contributed by atoms with van der Waals surface area (Å²) in [4.78, 5) is 13.1. The maximum absolute atomic E-state index is 13.0. The lowest BCUT2D eigenvalue weighted by Crippen LogP contribution is -2.45. The Bertz CT molecular complexity index is 1130. The van der Waals surface area contributed by atoms with Crippen molar-refractivity contribution in [1.82, 2.24) is 4.72 Å². The van der Waals surface area contributed by atoms with E-state index in [4.69, 9.17) is 23.2 Å². The number of sulfonamides is 1. The molecule has 1 atom stereocenters.